The van der Waals surface area contributed by atoms with Gasteiger partial charge in [0.15, 0.2) is 0 Å². The summed E-state index contributed by atoms with van der Waals surface area (Å²) in [6, 6.07) is 7.63. The Morgan fingerprint density at radius 2 is 2.33 bits per heavy atom. The molecule has 0 atom stereocenters. The van der Waals surface area contributed by atoms with Gasteiger partial charge in [-0.15, -0.1) is 0 Å². The van der Waals surface area contributed by atoms with E-state index in [-0.39, 0.29) is 0 Å². The summed E-state index contributed by atoms with van der Waals surface area (Å²) in [7, 11) is 0. The Hall–Kier alpha value is -1.02. The molecule has 0 unspecified atom stereocenters. The molecule has 1 aromatic rings. The number of hydrogen-bond donors (Lipinski definition) is 0. The highest BCUT2D eigenvalue weighted by Crippen LogP contribution is 2.24. The van der Waals surface area contributed by atoms with Gasteiger partial charge >= 0.3 is 0 Å². The van der Waals surface area contributed by atoms with E-state index in [1.54, 1.807) is 0 Å². The van der Waals surface area contributed by atoms with Gasteiger partial charge in [0.1, 0.15) is 6.61 Å². The fourth-order valence-corrected chi connectivity index (χ4v) is 1.67. The predicted octanol–water partition coefficient (Wildman–Crippen LogP) is 3.64. The lowest BCUT2D eigenvalue weighted by Crippen LogP contribution is -2.11. The highest BCUT2D eigenvalue weighted by molar-refractivity contribution is 6.30. The minimum atomic E-state index is 0.490. The van der Waals surface area contributed by atoms with Gasteiger partial charge in [0.2, 0.25) is 0 Å². The third-order valence-electron chi connectivity index (χ3n) is 2.62. The average Bonchev–Trinajstić information content (AvgIpc) is 2.15. The van der Waals surface area contributed by atoms with Crippen LogP contribution in [0.25, 0.3) is 0 Å². The summed E-state index contributed by atoms with van der Waals surface area (Å²) >= 11 is 5.85. The zero-order valence-electron chi connectivity index (χ0n) is 8.53. The third-order valence-corrected chi connectivity index (χ3v) is 2.85. The fraction of sp³-hybridized carbons (Fsp3) is 0.417. The molecule has 2 rings (SSSR count). The second-order valence-corrected chi connectivity index (χ2v) is 4.29. The molecular formula is C12H14ClNO. The summed E-state index contributed by atoms with van der Waals surface area (Å²) in [6.45, 7) is 0.490. The zero-order chi connectivity index (χ0) is 10.5. The first kappa shape index (κ1) is 10.5. The Balaban J connectivity index is 1.75. The van der Waals surface area contributed by atoms with Crippen LogP contribution in [-0.4, -0.2) is 6.21 Å². The molecule has 0 aliphatic heterocycles. The minimum Gasteiger partial charge on any atom is -0.391 e. The molecule has 1 fully saturated rings. The van der Waals surface area contributed by atoms with E-state index >= 15 is 0 Å². The van der Waals surface area contributed by atoms with E-state index in [9.17, 15) is 0 Å². The molecule has 0 N–H and O–H groups in total. The maximum absolute atomic E-state index is 5.85. The monoisotopic (exact) mass is 223 g/mol. The summed E-state index contributed by atoms with van der Waals surface area (Å²) in [4.78, 5) is 5.19. The molecule has 15 heavy (non-hydrogen) atoms. The van der Waals surface area contributed by atoms with Crippen molar-refractivity contribution in [3.8, 4) is 0 Å². The molecular weight excluding hydrogens is 210 g/mol. The molecule has 3 heteroatoms. The summed E-state index contributed by atoms with van der Waals surface area (Å²) in [5.41, 5.74) is 1.05. The van der Waals surface area contributed by atoms with Gasteiger partial charge in [-0.25, -0.2) is 0 Å². The Morgan fingerprint density at radius 3 is 3.00 bits per heavy atom. The Kier molecular flexibility index (Phi) is 3.62. The van der Waals surface area contributed by atoms with Crippen LogP contribution in [0, 0.1) is 5.92 Å². The maximum atomic E-state index is 5.85. The van der Waals surface area contributed by atoms with Crippen molar-refractivity contribution in [1.82, 2.24) is 0 Å². The van der Waals surface area contributed by atoms with Crippen molar-refractivity contribution in [2.45, 2.75) is 25.9 Å². The molecule has 0 amide bonds. The molecule has 1 saturated carbocycles. The zero-order valence-corrected chi connectivity index (χ0v) is 9.28. The first-order valence-electron chi connectivity index (χ1n) is 5.24. The smallest absolute Gasteiger partial charge is 0.142 e. The van der Waals surface area contributed by atoms with Crippen molar-refractivity contribution >= 4 is 17.8 Å². The molecule has 1 aliphatic carbocycles. The molecule has 0 aromatic heterocycles. The molecule has 2 nitrogen and oxygen atoms in total. The van der Waals surface area contributed by atoms with Crippen LogP contribution in [-0.2, 0) is 11.4 Å². The molecule has 0 bridgehead atoms. The van der Waals surface area contributed by atoms with E-state index < -0.39 is 0 Å². The van der Waals surface area contributed by atoms with E-state index in [0.29, 0.717) is 12.5 Å². The van der Waals surface area contributed by atoms with Crippen molar-refractivity contribution in [2.75, 3.05) is 0 Å². The number of hydrogen-bond acceptors (Lipinski definition) is 2. The standard InChI is InChI=1S/C12H14ClNO/c13-12-6-2-5-11(7-12)9-15-14-8-10-3-1-4-10/h2,5-8,10H,1,3-4,9H2. The van der Waals surface area contributed by atoms with E-state index in [4.69, 9.17) is 16.4 Å². The topological polar surface area (TPSA) is 21.6 Å². The van der Waals surface area contributed by atoms with Crippen molar-refractivity contribution in [1.29, 1.82) is 0 Å². The molecule has 0 heterocycles. The Bertz CT molecular complexity index is 347. The first-order chi connectivity index (χ1) is 7.34. The molecule has 1 aliphatic rings. The second kappa shape index (κ2) is 5.17. The van der Waals surface area contributed by atoms with Crippen LogP contribution in [0.4, 0.5) is 0 Å². The van der Waals surface area contributed by atoms with Gasteiger partial charge in [-0.1, -0.05) is 35.3 Å². The summed E-state index contributed by atoms with van der Waals surface area (Å²) in [6.07, 6.45) is 5.74. The van der Waals surface area contributed by atoms with Gasteiger partial charge in [-0.05, 0) is 36.5 Å². The number of nitrogens with zero attached hydrogens (tertiary/aromatic N) is 1. The van der Waals surface area contributed by atoms with Crippen LogP contribution in [0.3, 0.4) is 0 Å². The number of halogens is 1. The average molecular weight is 224 g/mol. The molecule has 0 radical (unpaired) electrons. The highest BCUT2D eigenvalue weighted by atomic mass is 35.5. The quantitative estimate of drug-likeness (QED) is 0.564. The van der Waals surface area contributed by atoms with E-state index in [2.05, 4.69) is 5.16 Å². The van der Waals surface area contributed by atoms with Gasteiger partial charge in [-0.3, -0.25) is 0 Å². The molecule has 0 saturated heterocycles. The lowest BCUT2D eigenvalue weighted by Gasteiger charge is -2.19. The van der Waals surface area contributed by atoms with Crippen molar-refractivity contribution in [3.05, 3.63) is 34.9 Å². The molecule has 0 spiro atoms. The van der Waals surface area contributed by atoms with Crippen molar-refractivity contribution in [3.63, 3.8) is 0 Å². The van der Waals surface area contributed by atoms with Crippen LogP contribution in [0.1, 0.15) is 24.8 Å². The van der Waals surface area contributed by atoms with E-state index in [0.717, 1.165) is 10.6 Å². The van der Waals surface area contributed by atoms with Crippen LogP contribution in [0.5, 0.6) is 0 Å². The summed E-state index contributed by atoms with van der Waals surface area (Å²) < 4.78 is 0. The summed E-state index contributed by atoms with van der Waals surface area (Å²) in [5.74, 6) is 0.643. The lowest BCUT2D eigenvalue weighted by atomic mass is 9.87. The van der Waals surface area contributed by atoms with Crippen molar-refractivity contribution in [2.24, 2.45) is 11.1 Å². The summed E-state index contributed by atoms with van der Waals surface area (Å²) in [5, 5.41) is 4.69. The van der Waals surface area contributed by atoms with Gasteiger partial charge in [0, 0.05) is 11.2 Å². The normalized spacial score (nSPS) is 16.6. The van der Waals surface area contributed by atoms with Crippen LogP contribution in [0.15, 0.2) is 29.4 Å². The third kappa shape index (κ3) is 3.24. The van der Waals surface area contributed by atoms with E-state index in [1.807, 2.05) is 30.5 Å². The molecule has 1 aromatic carbocycles. The SMILES string of the molecule is Clc1cccc(CON=CC2CCC2)c1. The van der Waals surface area contributed by atoms with Crippen LogP contribution in [0.2, 0.25) is 5.02 Å². The number of oxime groups is 1. The number of rotatable bonds is 4. The fourth-order valence-electron chi connectivity index (χ4n) is 1.46. The maximum Gasteiger partial charge on any atom is 0.142 e. The van der Waals surface area contributed by atoms with Gasteiger partial charge in [0.25, 0.3) is 0 Å². The van der Waals surface area contributed by atoms with Crippen LogP contribution >= 0.6 is 11.6 Å². The van der Waals surface area contributed by atoms with Crippen molar-refractivity contribution < 1.29 is 4.84 Å². The minimum absolute atomic E-state index is 0.490. The largest absolute Gasteiger partial charge is 0.391 e. The second-order valence-electron chi connectivity index (χ2n) is 3.85. The Labute approximate surface area is 94.9 Å². The van der Waals surface area contributed by atoms with E-state index in [1.165, 1.54) is 19.3 Å². The van der Waals surface area contributed by atoms with Gasteiger partial charge in [0.05, 0.1) is 0 Å². The van der Waals surface area contributed by atoms with Gasteiger partial charge < -0.3 is 4.84 Å². The molecule has 80 valence electrons. The van der Waals surface area contributed by atoms with Gasteiger partial charge in [-0.2, -0.15) is 0 Å². The lowest BCUT2D eigenvalue weighted by molar-refractivity contribution is 0.129. The number of benzene rings is 1. The first-order valence-corrected chi connectivity index (χ1v) is 5.62. The highest BCUT2D eigenvalue weighted by Gasteiger charge is 2.14. The Morgan fingerprint density at radius 1 is 1.47 bits per heavy atom. The predicted molar refractivity (Wildman–Crippen MR) is 62.1 cm³/mol. The van der Waals surface area contributed by atoms with Crippen LogP contribution < -0.4 is 0 Å².